The first-order chi connectivity index (χ1) is 8.38. The molecule has 0 N–H and O–H groups in total. The standard InChI is InChI=1S/C12H24N2O3Si/c1-7-8-17-18(9(2)3,10(4)5)11(14-13)12(15)16-6/h9-10H,7-8H2,1-6H3. The molecule has 0 atom stereocenters. The first-order valence-corrected chi connectivity index (χ1v) is 8.39. The summed E-state index contributed by atoms with van der Waals surface area (Å²) in [6.07, 6.45) is 0.855. The number of nitrogens with zero attached hydrogens (tertiary/aromatic N) is 2. The van der Waals surface area contributed by atoms with Gasteiger partial charge in [0.2, 0.25) is 5.39 Å². The monoisotopic (exact) mass is 272 g/mol. The number of diazo groups is 1. The molecule has 0 aliphatic carbocycles. The van der Waals surface area contributed by atoms with Gasteiger partial charge >= 0.3 is 13.6 Å². The Bertz CT molecular complexity index is 327. The number of ether oxygens (including phenoxy) is 1. The molecule has 0 saturated carbocycles. The van der Waals surface area contributed by atoms with Gasteiger partial charge < -0.3 is 14.3 Å². The lowest BCUT2D eigenvalue weighted by atomic mass is 10.5. The van der Waals surface area contributed by atoms with E-state index in [1.54, 1.807) is 0 Å². The predicted octanol–water partition coefficient (Wildman–Crippen LogP) is 2.75. The van der Waals surface area contributed by atoms with E-state index in [-0.39, 0.29) is 16.4 Å². The highest BCUT2D eigenvalue weighted by molar-refractivity contribution is 6.83. The van der Waals surface area contributed by atoms with Crippen molar-refractivity contribution in [3.8, 4) is 0 Å². The second-order valence-corrected chi connectivity index (χ2v) is 9.55. The molecule has 0 heterocycles. The summed E-state index contributed by atoms with van der Waals surface area (Å²) in [4.78, 5) is 3.21. The fourth-order valence-corrected chi connectivity index (χ4v) is 6.61. The van der Waals surface area contributed by atoms with E-state index in [9.17, 15) is 10.5 Å². The lowest BCUT2D eigenvalue weighted by Crippen LogP contribution is -2.48. The highest BCUT2D eigenvalue weighted by Gasteiger charge is 2.56. The molecule has 0 aromatic heterocycles. The average Bonchev–Trinajstić information content (AvgIpc) is 2.32. The molecule has 5 nitrogen and oxygen atoms in total. The Kier molecular flexibility index (Phi) is 6.95. The summed E-state index contributed by atoms with van der Waals surface area (Å²) >= 11 is 0. The van der Waals surface area contributed by atoms with Crippen molar-refractivity contribution in [2.75, 3.05) is 13.7 Å². The molecule has 0 aliphatic heterocycles. The molecular weight excluding hydrogens is 248 g/mol. The van der Waals surface area contributed by atoms with Crippen molar-refractivity contribution in [2.45, 2.75) is 52.1 Å². The maximum absolute atomic E-state index is 11.8. The Morgan fingerprint density at radius 1 is 1.28 bits per heavy atom. The summed E-state index contributed by atoms with van der Waals surface area (Å²) in [5.74, 6) is -0.595. The van der Waals surface area contributed by atoms with Crippen molar-refractivity contribution in [1.82, 2.24) is 0 Å². The van der Waals surface area contributed by atoms with E-state index in [0.29, 0.717) is 6.61 Å². The molecule has 0 aromatic rings. The average molecular weight is 272 g/mol. The Hall–Kier alpha value is -1.06. The largest absolute Gasteiger partial charge is 0.612 e. The quantitative estimate of drug-likeness (QED) is 0.406. The summed E-state index contributed by atoms with van der Waals surface area (Å²) in [6, 6.07) is 0. The van der Waals surface area contributed by atoms with Crippen LogP contribution >= 0.6 is 0 Å². The number of methoxy groups -OCH3 is 1. The molecule has 0 aliphatic rings. The van der Waals surface area contributed by atoms with Gasteiger partial charge in [-0.25, -0.2) is 0 Å². The van der Waals surface area contributed by atoms with Crippen LogP contribution in [-0.2, 0) is 9.16 Å². The van der Waals surface area contributed by atoms with E-state index in [1.165, 1.54) is 7.11 Å². The number of hydrogen-bond donors (Lipinski definition) is 0. The molecule has 0 rings (SSSR count). The van der Waals surface area contributed by atoms with Gasteiger partial charge in [0.1, 0.15) is 5.95 Å². The van der Waals surface area contributed by atoms with E-state index >= 15 is 0 Å². The van der Waals surface area contributed by atoms with Crippen molar-refractivity contribution in [3.05, 3.63) is 16.2 Å². The van der Waals surface area contributed by atoms with Crippen LogP contribution in [0.4, 0.5) is 0 Å². The minimum Gasteiger partial charge on any atom is -0.612 e. The topological polar surface area (TPSA) is 69.7 Å². The SMILES string of the molecule is CCCO[Si](C([N+]#N)=C([O-])OC)(C(C)C)C(C)C. The van der Waals surface area contributed by atoms with Crippen molar-refractivity contribution in [2.24, 2.45) is 0 Å². The molecule has 0 amide bonds. The highest BCUT2D eigenvalue weighted by Crippen LogP contribution is 2.40. The molecule has 6 heteroatoms. The zero-order valence-corrected chi connectivity index (χ0v) is 13.2. The van der Waals surface area contributed by atoms with E-state index in [1.807, 2.05) is 34.6 Å². The highest BCUT2D eigenvalue weighted by atomic mass is 28.4. The lowest BCUT2D eigenvalue weighted by molar-refractivity contribution is -0.354. The molecule has 0 saturated heterocycles. The van der Waals surface area contributed by atoms with Gasteiger partial charge in [-0.3, -0.25) is 0 Å². The van der Waals surface area contributed by atoms with Crippen LogP contribution in [0.1, 0.15) is 41.0 Å². The molecule has 0 spiro atoms. The Balaban J connectivity index is 5.77. The Labute approximate surface area is 111 Å². The van der Waals surface area contributed by atoms with E-state index < -0.39 is 14.3 Å². The fourth-order valence-electron chi connectivity index (χ4n) is 2.26. The van der Waals surface area contributed by atoms with Crippen molar-refractivity contribution in [3.63, 3.8) is 0 Å². The Morgan fingerprint density at radius 3 is 2.06 bits per heavy atom. The third kappa shape index (κ3) is 3.24. The maximum atomic E-state index is 11.8. The van der Waals surface area contributed by atoms with Crippen LogP contribution in [0.5, 0.6) is 0 Å². The van der Waals surface area contributed by atoms with Gasteiger partial charge in [-0.2, -0.15) is 0 Å². The predicted molar refractivity (Wildman–Crippen MR) is 71.3 cm³/mol. The molecule has 0 aromatic carbocycles. The maximum Gasteiger partial charge on any atom is 0.379 e. The molecule has 0 radical (unpaired) electrons. The van der Waals surface area contributed by atoms with Crippen LogP contribution in [0.2, 0.25) is 11.1 Å². The number of hydrogen-bond acceptors (Lipinski definition) is 4. The Morgan fingerprint density at radius 2 is 1.78 bits per heavy atom. The minimum atomic E-state index is -2.66. The summed E-state index contributed by atoms with van der Waals surface area (Å²) in [5.41, 5.74) is 0.239. The van der Waals surface area contributed by atoms with Gasteiger partial charge in [-0.15, -0.1) is 0 Å². The van der Waals surface area contributed by atoms with Crippen LogP contribution in [0.3, 0.4) is 0 Å². The van der Waals surface area contributed by atoms with Gasteiger partial charge in [0.25, 0.3) is 0 Å². The molecule has 0 fully saturated rings. The van der Waals surface area contributed by atoms with Crippen molar-refractivity contribution >= 4 is 8.32 Å². The van der Waals surface area contributed by atoms with Gasteiger partial charge in [0, 0.05) is 6.61 Å². The summed E-state index contributed by atoms with van der Waals surface area (Å²) in [5, 5.41) is 21.1. The second kappa shape index (κ2) is 7.39. The summed E-state index contributed by atoms with van der Waals surface area (Å²) < 4.78 is 10.7. The first-order valence-electron chi connectivity index (χ1n) is 6.33. The second-order valence-electron chi connectivity index (χ2n) is 4.89. The minimum absolute atomic E-state index is 0.0726. The van der Waals surface area contributed by atoms with E-state index in [2.05, 4.69) is 4.98 Å². The molecule has 104 valence electrons. The smallest absolute Gasteiger partial charge is 0.379 e. The van der Waals surface area contributed by atoms with Gasteiger partial charge in [0.05, 0.1) is 0 Å². The van der Waals surface area contributed by atoms with Crippen LogP contribution in [0.15, 0.2) is 11.3 Å². The molecular formula is C12H24N2O3Si. The van der Waals surface area contributed by atoms with Gasteiger partial charge in [-0.1, -0.05) is 34.6 Å². The third-order valence-electron chi connectivity index (χ3n) is 3.11. The van der Waals surface area contributed by atoms with Gasteiger partial charge in [-0.05, 0) is 24.6 Å². The number of rotatable bonds is 7. The summed E-state index contributed by atoms with van der Waals surface area (Å²) in [6.45, 7) is 10.5. The van der Waals surface area contributed by atoms with Crippen molar-refractivity contribution < 1.29 is 14.3 Å². The van der Waals surface area contributed by atoms with Crippen LogP contribution in [-0.4, -0.2) is 22.0 Å². The first kappa shape index (κ1) is 16.9. The van der Waals surface area contributed by atoms with E-state index in [0.717, 1.165) is 6.42 Å². The lowest BCUT2D eigenvalue weighted by Gasteiger charge is -2.33. The molecule has 18 heavy (non-hydrogen) atoms. The molecule has 0 unspecified atom stereocenters. The normalized spacial score (nSPS) is 13.5. The zero-order chi connectivity index (χ0) is 14.3. The van der Waals surface area contributed by atoms with Crippen LogP contribution < -0.4 is 5.11 Å². The fraction of sp³-hybridized carbons (Fsp3) is 0.833. The summed E-state index contributed by atoms with van der Waals surface area (Å²) in [7, 11) is -1.37. The van der Waals surface area contributed by atoms with Crippen LogP contribution in [0, 0.1) is 5.39 Å². The van der Waals surface area contributed by atoms with Crippen molar-refractivity contribution in [1.29, 1.82) is 5.39 Å². The van der Waals surface area contributed by atoms with E-state index in [4.69, 9.17) is 9.16 Å². The van der Waals surface area contributed by atoms with Crippen LogP contribution in [0.25, 0.3) is 4.98 Å². The zero-order valence-electron chi connectivity index (χ0n) is 12.2. The van der Waals surface area contributed by atoms with Gasteiger partial charge in [0.15, 0.2) is 4.98 Å². The molecule has 0 bridgehead atoms. The third-order valence-corrected chi connectivity index (χ3v) is 8.27.